The highest BCUT2D eigenvalue weighted by Crippen LogP contribution is 2.30. The maximum Gasteiger partial charge on any atom is 0.0948 e. The second kappa shape index (κ2) is 7.43. The van der Waals surface area contributed by atoms with Crippen molar-refractivity contribution in [3.63, 3.8) is 0 Å². The molecule has 1 aliphatic rings. The first kappa shape index (κ1) is 15.1. The molecule has 4 heteroatoms. The second-order valence-corrected chi connectivity index (χ2v) is 7.79. The van der Waals surface area contributed by atoms with Crippen LogP contribution in [0.25, 0.3) is 11.3 Å². The molecule has 0 aliphatic carbocycles. The molecule has 112 valence electrons. The van der Waals surface area contributed by atoms with Crippen LogP contribution in [0.15, 0.2) is 35.7 Å². The van der Waals surface area contributed by atoms with Gasteiger partial charge in [0.1, 0.15) is 0 Å². The van der Waals surface area contributed by atoms with E-state index in [0.29, 0.717) is 6.04 Å². The summed E-state index contributed by atoms with van der Waals surface area (Å²) in [6, 6.07) is 11.0. The van der Waals surface area contributed by atoms with Gasteiger partial charge in [-0.05, 0) is 25.6 Å². The number of benzene rings is 1. The molecule has 2 heterocycles. The summed E-state index contributed by atoms with van der Waals surface area (Å²) in [5.41, 5.74) is 2.33. The number of likely N-dealkylation sites (N-methyl/N-ethyl adjacent to an activating group) is 1. The fraction of sp³-hybridized carbons (Fsp3) is 0.471. The van der Waals surface area contributed by atoms with Gasteiger partial charge in [0.2, 0.25) is 0 Å². The minimum Gasteiger partial charge on any atom is -0.315 e. The Morgan fingerprint density at radius 3 is 2.86 bits per heavy atom. The Morgan fingerprint density at radius 2 is 2.14 bits per heavy atom. The van der Waals surface area contributed by atoms with Gasteiger partial charge >= 0.3 is 0 Å². The Kier molecular flexibility index (Phi) is 5.33. The first-order valence-corrected chi connectivity index (χ1v) is 9.58. The minimum absolute atomic E-state index is 0.546. The van der Waals surface area contributed by atoms with Crippen LogP contribution in [0.4, 0.5) is 0 Å². The topological polar surface area (TPSA) is 24.9 Å². The van der Waals surface area contributed by atoms with Crippen molar-refractivity contribution in [2.45, 2.75) is 37.0 Å². The molecule has 1 aromatic heterocycles. The number of hydrogen-bond acceptors (Lipinski definition) is 4. The van der Waals surface area contributed by atoms with Gasteiger partial charge in [-0.2, -0.15) is 11.8 Å². The maximum atomic E-state index is 4.83. The summed E-state index contributed by atoms with van der Waals surface area (Å²) in [6.45, 7) is 0. The number of nitrogens with zero attached hydrogens (tertiary/aromatic N) is 1. The van der Waals surface area contributed by atoms with Gasteiger partial charge in [0.05, 0.1) is 10.7 Å². The van der Waals surface area contributed by atoms with Gasteiger partial charge < -0.3 is 5.32 Å². The fourth-order valence-corrected chi connectivity index (χ4v) is 5.17. The second-order valence-electron chi connectivity index (χ2n) is 5.50. The molecule has 1 aliphatic heterocycles. The van der Waals surface area contributed by atoms with Gasteiger partial charge in [-0.25, -0.2) is 4.98 Å². The van der Waals surface area contributed by atoms with Crippen molar-refractivity contribution in [2.75, 3.05) is 12.8 Å². The zero-order chi connectivity index (χ0) is 14.5. The van der Waals surface area contributed by atoms with Crippen molar-refractivity contribution >= 4 is 23.1 Å². The Bertz CT molecular complexity index is 547. The predicted octanol–water partition coefficient (Wildman–Crippen LogP) is 4.23. The van der Waals surface area contributed by atoms with E-state index in [1.807, 2.05) is 6.07 Å². The van der Waals surface area contributed by atoms with Crippen LogP contribution in [0.5, 0.6) is 0 Å². The van der Waals surface area contributed by atoms with Crippen LogP contribution in [-0.4, -0.2) is 29.1 Å². The van der Waals surface area contributed by atoms with Crippen molar-refractivity contribution in [1.29, 1.82) is 0 Å². The monoisotopic (exact) mass is 318 g/mol. The van der Waals surface area contributed by atoms with Crippen LogP contribution in [-0.2, 0) is 6.42 Å². The minimum atomic E-state index is 0.546. The molecule has 2 unspecified atom stereocenters. The van der Waals surface area contributed by atoms with Gasteiger partial charge in [-0.1, -0.05) is 36.8 Å². The molecule has 1 aromatic carbocycles. The SMILES string of the molecule is CNC(Cc1nc(-c2ccccc2)cs1)C1CCCCS1. The number of thioether (sulfide) groups is 1. The molecule has 3 rings (SSSR count). The van der Waals surface area contributed by atoms with Crippen molar-refractivity contribution in [2.24, 2.45) is 0 Å². The third-order valence-corrected chi connectivity index (χ3v) is 6.44. The third-order valence-electron chi connectivity index (χ3n) is 4.05. The zero-order valence-corrected chi connectivity index (χ0v) is 14.1. The van der Waals surface area contributed by atoms with E-state index in [2.05, 4.69) is 53.8 Å². The van der Waals surface area contributed by atoms with E-state index in [1.54, 1.807) is 11.3 Å². The van der Waals surface area contributed by atoms with E-state index >= 15 is 0 Å². The molecule has 0 saturated carbocycles. The van der Waals surface area contributed by atoms with Gasteiger partial charge in [0, 0.05) is 28.7 Å². The van der Waals surface area contributed by atoms with Crippen LogP contribution in [0.3, 0.4) is 0 Å². The highest BCUT2D eigenvalue weighted by atomic mass is 32.2. The molecular weight excluding hydrogens is 296 g/mol. The zero-order valence-electron chi connectivity index (χ0n) is 12.4. The standard InChI is InChI=1S/C17H22N2S2/c1-18-14(16-9-5-6-10-20-16)11-17-19-15(12-21-17)13-7-3-2-4-8-13/h2-4,7-8,12,14,16,18H,5-6,9-11H2,1H3. The Labute approximate surface area is 135 Å². The number of hydrogen-bond donors (Lipinski definition) is 1. The predicted molar refractivity (Wildman–Crippen MR) is 94.2 cm³/mol. The van der Waals surface area contributed by atoms with Crippen LogP contribution in [0.2, 0.25) is 0 Å². The molecule has 2 aromatic rings. The maximum absolute atomic E-state index is 4.83. The van der Waals surface area contributed by atoms with Crippen molar-refractivity contribution < 1.29 is 0 Å². The van der Waals surface area contributed by atoms with Gasteiger partial charge in [-0.3, -0.25) is 0 Å². The summed E-state index contributed by atoms with van der Waals surface area (Å²) in [4.78, 5) is 4.83. The Balaban J connectivity index is 1.68. The van der Waals surface area contributed by atoms with E-state index in [4.69, 9.17) is 4.98 Å². The summed E-state index contributed by atoms with van der Waals surface area (Å²) in [5.74, 6) is 1.32. The molecule has 0 amide bonds. The smallest absolute Gasteiger partial charge is 0.0948 e. The van der Waals surface area contributed by atoms with Gasteiger partial charge in [0.15, 0.2) is 0 Å². The van der Waals surface area contributed by atoms with E-state index in [1.165, 1.54) is 35.6 Å². The first-order chi connectivity index (χ1) is 10.4. The third kappa shape index (κ3) is 3.87. The molecule has 0 spiro atoms. The average Bonchev–Trinajstić information content (AvgIpc) is 3.03. The van der Waals surface area contributed by atoms with E-state index < -0.39 is 0 Å². The molecular formula is C17H22N2S2. The largest absolute Gasteiger partial charge is 0.315 e. The number of thiazole rings is 1. The van der Waals surface area contributed by atoms with Crippen molar-refractivity contribution in [1.82, 2.24) is 10.3 Å². The molecule has 1 fully saturated rings. The molecule has 1 saturated heterocycles. The van der Waals surface area contributed by atoms with E-state index in [-0.39, 0.29) is 0 Å². The Hall–Kier alpha value is -0.840. The summed E-state index contributed by atoms with van der Waals surface area (Å²) >= 11 is 3.92. The summed E-state index contributed by atoms with van der Waals surface area (Å²) in [5, 5.41) is 7.69. The number of aromatic nitrogens is 1. The molecule has 0 bridgehead atoms. The molecule has 2 atom stereocenters. The average molecular weight is 319 g/mol. The van der Waals surface area contributed by atoms with E-state index in [0.717, 1.165) is 17.4 Å². The Morgan fingerprint density at radius 1 is 1.29 bits per heavy atom. The van der Waals surface area contributed by atoms with Crippen LogP contribution >= 0.6 is 23.1 Å². The quantitative estimate of drug-likeness (QED) is 0.893. The van der Waals surface area contributed by atoms with Crippen LogP contribution in [0, 0.1) is 0 Å². The molecule has 21 heavy (non-hydrogen) atoms. The van der Waals surface area contributed by atoms with Crippen LogP contribution < -0.4 is 5.32 Å². The lowest BCUT2D eigenvalue weighted by Crippen LogP contribution is -2.38. The lowest BCUT2D eigenvalue weighted by atomic mass is 10.0. The molecule has 1 N–H and O–H groups in total. The van der Waals surface area contributed by atoms with Crippen molar-refractivity contribution in [3.05, 3.63) is 40.7 Å². The normalized spacial score (nSPS) is 20.3. The molecule has 0 radical (unpaired) electrons. The number of nitrogens with one attached hydrogen (secondary N) is 1. The van der Waals surface area contributed by atoms with Gasteiger partial charge in [0.25, 0.3) is 0 Å². The van der Waals surface area contributed by atoms with Gasteiger partial charge in [-0.15, -0.1) is 11.3 Å². The van der Waals surface area contributed by atoms with E-state index in [9.17, 15) is 0 Å². The fourth-order valence-electron chi connectivity index (χ4n) is 2.84. The number of rotatable bonds is 5. The summed E-state index contributed by atoms with van der Waals surface area (Å²) in [7, 11) is 2.09. The lowest BCUT2D eigenvalue weighted by molar-refractivity contribution is 0.494. The van der Waals surface area contributed by atoms with Crippen molar-refractivity contribution in [3.8, 4) is 11.3 Å². The summed E-state index contributed by atoms with van der Waals surface area (Å²) in [6.07, 6.45) is 5.15. The van der Waals surface area contributed by atoms with Crippen LogP contribution in [0.1, 0.15) is 24.3 Å². The first-order valence-electron chi connectivity index (χ1n) is 7.65. The summed E-state index contributed by atoms with van der Waals surface area (Å²) < 4.78 is 0. The highest BCUT2D eigenvalue weighted by Gasteiger charge is 2.24. The highest BCUT2D eigenvalue weighted by molar-refractivity contribution is 8.00. The lowest BCUT2D eigenvalue weighted by Gasteiger charge is -2.29. The molecule has 2 nitrogen and oxygen atoms in total.